The molecule has 4 heteroatoms. The molecule has 0 aliphatic heterocycles. The van der Waals surface area contributed by atoms with Crippen LogP contribution < -0.4 is 10.5 Å². The molecule has 0 spiro atoms. The fourth-order valence-electron chi connectivity index (χ4n) is 2.23. The highest BCUT2D eigenvalue weighted by Crippen LogP contribution is 2.27. The molecule has 1 unspecified atom stereocenters. The number of benzene rings is 1. The molecular weight excluding hydrogens is 276 g/mol. The Morgan fingerprint density at radius 1 is 1.27 bits per heavy atom. The summed E-state index contributed by atoms with van der Waals surface area (Å²) in [6.45, 7) is 13.7. The van der Waals surface area contributed by atoms with Crippen LogP contribution in [0.25, 0.3) is 0 Å². The molecule has 0 fully saturated rings. The monoisotopic (exact) mass is 304 g/mol. The van der Waals surface area contributed by atoms with Gasteiger partial charge in [0.2, 0.25) is 0 Å². The Hall–Kier alpha value is -1.78. The number of hydrogen-bond acceptors (Lipinski definition) is 4. The first-order chi connectivity index (χ1) is 10.5. The third-order valence-corrected chi connectivity index (χ3v) is 3.27. The van der Waals surface area contributed by atoms with Crippen LogP contribution in [0, 0.1) is 0 Å². The first-order valence-electron chi connectivity index (χ1n) is 7.66. The van der Waals surface area contributed by atoms with Crippen molar-refractivity contribution in [2.75, 3.05) is 25.4 Å². The maximum absolute atomic E-state index is 10.3. The zero-order valence-electron chi connectivity index (χ0n) is 13.7. The SMILES string of the molecule is C=CCN(CC=C)CCC(O)c1ccc(OC(C)C)c(N)c1. The van der Waals surface area contributed by atoms with Gasteiger partial charge in [-0.15, -0.1) is 13.2 Å². The molecule has 122 valence electrons. The van der Waals surface area contributed by atoms with E-state index in [4.69, 9.17) is 10.5 Å². The van der Waals surface area contributed by atoms with E-state index in [1.807, 2.05) is 38.1 Å². The van der Waals surface area contributed by atoms with Crippen LogP contribution in [0.1, 0.15) is 31.9 Å². The van der Waals surface area contributed by atoms with Gasteiger partial charge < -0.3 is 15.6 Å². The molecule has 1 aromatic carbocycles. The standard InChI is InChI=1S/C18H28N2O2/c1-5-10-20(11-6-2)12-9-17(21)15-7-8-18(16(19)13-15)22-14(3)4/h5-8,13-14,17,21H,1-2,9-12,19H2,3-4H3. The summed E-state index contributed by atoms with van der Waals surface area (Å²) in [4.78, 5) is 2.17. The number of nitrogens with two attached hydrogens (primary N) is 1. The fraction of sp³-hybridized carbons (Fsp3) is 0.444. The van der Waals surface area contributed by atoms with Gasteiger partial charge in [0.1, 0.15) is 5.75 Å². The zero-order valence-corrected chi connectivity index (χ0v) is 13.7. The van der Waals surface area contributed by atoms with Crippen molar-refractivity contribution in [2.45, 2.75) is 32.5 Å². The molecule has 0 saturated heterocycles. The van der Waals surface area contributed by atoms with Gasteiger partial charge in [-0.25, -0.2) is 0 Å². The highest BCUT2D eigenvalue weighted by Gasteiger charge is 2.12. The second-order valence-corrected chi connectivity index (χ2v) is 5.61. The van der Waals surface area contributed by atoms with Gasteiger partial charge >= 0.3 is 0 Å². The van der Waals surface area contributed by atoms with Crippen LogP contribution in [0.5, 0.6) is 5.75 Å². The van der Waals surface area contributed by atoms with Crippen LogP contribution in [-0.4, -0.2) is 35.7 Å². The van der Waals surface area contributed by atoms with Gasteiger partial charge in [0, 0.05) is 19.6 Å². The molecule has 22 heavy (non-hydrogen) atoms. The van der Waals surface area contributed by atoms with Crippen LogP contribution in [0.15, 0.2) is 43.5 Å². The van der Waals surface area contributed by atoms with E-state index >= 15 is 0 Å². The lowest BCUT2D eigenvalue weighted by Gasteiger charge is -2.21. The molecule has 0 saturated carbocycles. The van der Waals surface area contributed by atoms with Gasteiger partial charge in [-0.2, -0.15) is 0 Å². The van der Waals surface area contributed by atoms with Crippen molar-refractivity contribution < 1.29 is 9.84 Å². The summed E-state index contributed by atoms with van der Waals surface area (Å²) in [7, 11) is 0. The molecule has 0 bridgehead atoms. The minimum Gasteiger partial charge on any atom is -0.489 e. The predicted octanol–water partition coefficient (Wildman–Crippen LogP) is 3.15. The van der Waals surface area contributed by atoms with Crippen molar-refractivity contribution in [1.82, 2.24) is 4.90 Å². The van der Waals surface area contributed by atoms with Crippen LogP contribution in [-0.2, 0) is 0 Å². The lowest BCUT2D eigenvalue weighted by Crippen LogP contribution is -2.26. The number of nitrogens with zero attached hydrogens (tertiary/aromatic N) is 1. The minimum absolute atomic E-state index is 0.0736. The molecule has 0 amide bonds. The summed E-state index contributed by atoms with van der Waals surface area (Å²) >= 11 is 0. The van der Waals surface area contributed by atoms with Crippen molar-refractivity contribution in [3.63, 3.8) is 0 Å². The van der Waals surface area contributed by atoms with E-state index < -0.39 is 6.10 Å². The minimum atomic E-state index is -0.549. The normalized spacial score (nSPS) is 12.4. The van der Waals surface area contributed by atoms with Gasteiger partial charge in [-0.1, -0.05) is 18.2 Å². The fourth-order valence-corrected chi connectivity index (χ4v) is 2.23. The van der Waals surface area contributed by atoms with E-state index in [9.17, 15) is 5.11 Å². The Labute approximate surface area is 133 Å². The smallest absolute Gasteiger partial charge is 0.142 e. The summed E-state index contributed by atoms with van der Waals surface area (Å²) < 4.78 is 5.60. The number of nitrogen functional groups attached to an aromatic ring is 1. The highest BCUT2D eigenvalue weighted by atomic mass is 16.5. The second kappa shape index (κ2) is 9.28. The molecule has 1 rings (SSSR count). The predicted molar refractivity (Wildman–Crippen MR) is 93.0 cm³/mol. The summed E-state index contributed by atoms with van der Waals surface area (Å²) in [5.74, 6) is 0.658. The lowest BCUT2D eigenvalue weighted by molar-refractivity contribution is 0.148. The van der Waals surface area contributed by atoms with E-state index in [1.54, 1.807) is 6.07 Å². The van der Waals surface area contributed by atoms with Gasteiger partial charge in [0.25, 0.3) is 0 Å². The van der Waals surface area contributed by atoms with E-state index in [1.165, 1.54) is 0 Å². The Morgan fingerprint density at radius 2 is 1.91 bits per heavy atom. The lowest BCUT2D eigenvalue weighted by atomic mass is 10.1. The van der Waals surface area contributed by atoms with Crippen molar-refractivity contribution >= 4 is 5.69 Å². The second-order valence-electron chi connectivity index (χ2n) is 5.61. The van der Waals surface area contributed by atoms with Gasteiger partial charge in [-0.05, 0) is 38.0 Å². The maximum Gasteiger partial charge on any atom is 0.142 e. The van der Waals surface area contributed by atoms with Crippen LogP contribution >= 0.6 is 0 Å². The number of rotatable bonds is 10. The molecular formula is C18H28N2O2. The Bertz CT molecular complexity index is 476. The first-order valence-corrected chi connectivity index (χ1v) is 7.66. The summed E-state index contributed by atoms with van der Waals surface area (Å²) in [5.41, 5.74) is 7.35. The number of hydrogen-bond donors (Lipinski definition) is 2. The quantitative estimate of drug-likeness (QED) is 0.515. The summed E-state index contributed by atoms with van der Waals surface area (Å²) in [6, 6.07) is 5.47. The topological polar surface area (TPSA) is 58.7 Å². The largest absolute Gasteiger partial charge is 0.489 e. The van der Waals surface area contributed by atoms with Gasteiger partial charge in [-0.3, -0.25) is 4.90 Å². The first kappa shape index (κ1) is 18.3. The molecule has 0 radical (unpaired) electrons. The Balaban J connectivity index is 2.64. The van der Waals surface area contributed by atoms with Gasteiger partial charge in [0.15, 0.2) is 0 Å². The molecule has 0 heterocycles. The van der Waals surface area contributed by atoms with E-state index in [2.05, 4.69) is 18.1 Å². The van der Waals surface area contributed by atoms with Crippen LogP contribution in [0.2, 0.25) is 0 Å². The number of aliphatic hydroxyl groups is 1. The van der Waals surface area contributed by atoms with Crippen molar-refractivity contribution in [1.29, 1.82) is 0 Å². The van der Waals surface area contributed by atoms with E-state index in [0.29, 0.717) is 17.9 Å². The summed E-state index contributed by atoms with van der Waals surface area (Å²) in [5, 5.41) is 10.3. The Kier molecular flexibility index (Phi) is 7.71. The van der Waals surface area contributed by atoms with E-state index in [0.717, 1.165) is 25.2 Å². The zero-order chi connectivity index (χ0) is 16.5. The molecule has 0 aromatic heterocycles. The van der Waals surface area contributed by atoms with E-state index in [-0.39, 0.29) is 6.10 Å². The summed E-state index contributed by atoms with van der Waals surface area (Å²) in [6.07, 6.45) is 3.86. The number of aliphatic hydroxyl groups excluding tert-OH is 1. The van der Waals surface area contributed by atoms with Crippen LogP contribution in [0.4, 0.5) is 5.69 Å². The average molecular weight is 304 g/mol. The number of ether oxygens (including phenoxy) is 1. The molecule has 4 nitrogen and oxygen atoms in total. The number of anilines is 1. The van der Waals surface area contributed by atoms with Gasteiger partial charge in [0.05, 0.1) is 17.9 Å². The average Bonchev–Trinajstić information content (AvgIpc) is 2.46. The molecule has 0 aliphatic carbocycles. The molecule has 1 atom stereocenters. The molecule has 3 N–H and O–H groups in total. The molecule has 1 aromatic rings. The maximum atomic E-state index is 10.3. The van der Waals surface area contributed by atoms with Crippen molar-refractivity contribution in [2.24, 2.45) is 0 Å². The highest BCUT2D eigenvalue weighted by molar-refractivity contribution is 5.54. The van der Waals surface area contributed by atoms with Crippen LogP contribution in [0.3, 0.4) is 0 Å². The third-order valence-electron chi connectivity index (χ3n) is 3.27. The van der Waals surface area contributed by atoms with Crippen molar-refractivity contribution in [3.8, 4) is 5.75 Å². The van der Waals surface area contributed by atoms with Crippen molar-refractivity contribution in [3.05, 3.63) is 49.1 Å². The molecule has 0 aliphatic rings. The Morgan fingerprint density at radius 3 is 2.41 bits per heavy atom. The third kappa shape index (κ3) is 5.92.